The summed E-state index contributed by atoms with van der Waals surface area (Å²) in [6, 6.07) is 6.40. The highest BCUT2D eigenvalue weighted by Gasteiger charge is 2.27. The predicted octanol–water partition coefficient (Wildman–Crippen LogP) is 4.05. The molecule has 0 bridgehead atoms. The summed E-state index contributed by atoms with van der Waals surface area (Å²) < 4.78 is 0. The number of fused-ring (bicyclic) bond motifs is 3. The zero-order valence-electron chi connectivity index (χ0n) is 13.5. The van der Waals surface area contributed by atoms with E-state index in [1.165, 1.54) is 35.4 Å². The summed E-state index contributed by atoms with van der Waals surface area (Å²) in [5, 5.41) is 7.88. The van der Waals surface area contributed by atoms with Gasteiger partial charge in [0.15, 0.2) is 5.13 Å². The van der Waals surface area contributed by atoms with E-state index in [4.69, 9.17) is 11.6 Å². The zero-order chi connectivity index (χ0) is 17.0. The van der Waals surface area contributed by atoms with Crippen LogP contribution in [0.4, 0.5) is 5.13 Å². The topological polar surface area (TPSA) is 61.0 Å². The molecule has 3 aromatic rings. The van der Waals surface area contributed by atoms with Crippen molar-refractivity contribution in [3.05, 3.63) is 45.6 Å². The lowest BCUT2D eigenvalue weighted by Gasteiger charge is -2.26. The SMILES string of the molecule is O=C(c1csc(NC2CC2)n1)N1CCc2[nH]c3ccc(Cl)cc3c2C1. The van der Waals surface area contributed by atoms with E-state index in [1.807, 2.05) is 28.5 Å². The molecule has 1 saturated carbocycles. The standard InChI is InChI=1S/C18H17ClN4OS/c19-10-1-4-14-12(7-10)13-8-23(6-5-15(13)21-14)17(24)16-9-25-18(22-16)20-11-2-3-11/h1,4,7,9,11,21H,2-3,5-6,8H2,(H,20,22). The molecule has 3 heterocycles. The Kier molecular flexibility index (Phi) is 3.50. The minimum absolute atomic E-state index is 0.00197. The minimum Gasteiger partial charge on any atom is -0.359 e. The first kappa shape index (κ1) is 15.2. The van der Waals surface area contributed by atoms with E-state index in [9.17, 15) is 4.79 Å². The van der Waals surface area contributed by atoms with Gasteiger partial charge < -0.3 is 15.2 Å². The largest absolute Gasteiger partial charge is 0.359 e. The van der Waals surface area contributed by atoms with Crippen molar-refractivity contribution in [2.24, 2.45) is 0 Å². The molecular formula is C18H17ClN4OS. The molecule has 0 unspecified atom stereocenters. The van der Waals surface area contributed by atoms with Crippen LogP contribution in [0, 0.1) is 0 Å². The second kappa shape index (κ2) is 5.75. The van der Waals surface area contributed by atoms with Crippen LogP contribution in [0.3, 0.4) is 0 Å². The van der Waals surface area contributed by atoms with Gasteiger partial charge in [-0.2, -0.15) is 0 Å². The van der Waals surface area contributed by atoms with Crippen molar-refractivity contribution in [3.8, 4) is 0 Å². The Balaban J connectivity index is 1.40. The van der Waals surface area contributed by atoms with Gasteiger partial charge in [0.05, 0.1) is 0 Å². The van der Waals surface area contributed by atoms with Crippen molar-refractivity contribution in [1.82, 2.24) is 14.9 Å². The third-order valence-electron chi connectivity index (χ3n) is 4.85. The Morgan fingerprint density at radius 1 is 1.40 bits per heavy atom. The number of H-pyrrole nitrogens is 1. The fourth-order valence-corrected chi connectivity index (χ4v) is 4.30. The molecule has 0 saturated heterocycles. The highest BCUT2D eigenvalue weighted by atomic mass is 35.5. The van der Waals surface area contributed by atoms with Gasteiger partial charge in [-0.25, -0.2) is 4.98 Å². The van der Waals surface area contributed by atoms with Crippen LogP contribution in [-0.4, -0.2) is 33.4 Å². The highest BCUT2D eigenvalue weighted by Crippen LogP contribution is 2.31. The second-order valence-electron chi connectivity index (χ2n) is 6.71. The number of rotatable bonds is 3. The number of anilines is 1. The third kappa shape index (κ3) is 2.79. The molecule has 2 N–H and O–H groups in total. The number of aromatic nitrogens is 2. The number of carbonyl (C=O) groups is 1. The van der Waals surface area contributed by atoms with Crippen LogP contribution in [0.2, 0.25) is 5.02 Å². The van der Waals surface area contributed by atoms with Crippen molar-refractivity contribution < 1.29 is 4.79 Å². The molecule has 0 radical (unpaired) electrons. The van der Waals surface area contributed by atoms with E-state index >= 15 is 0 Å². The van der Waals surface area contributed by atoms with Crippen LogP contribution in [0.25, 0.3) is 10.9 Å². The van der Waals surface area contributed by atoms with E-state index in [-0.39, 0.29) is 5.91 Å². The lowest BCUT2D eigenvalue weighted by atomic mass is 10.0. The summed E-state index contributed by atoms with van der Waals surface area (Å²) in [5.74, 6) is 0.00197. The monoisotopic (exact) mass is 372 g/mol. The number of aromatic amines is 1. The van der Waals surface area contributed by atoms with Crippen LogP contribution < -0.4 is 5.32 Å². The minimum atomic E-state index is 0.00197. The molecule has 0 atom stereocenters. The first-order valence-corrected chi connectivity index (χ1v) is 9.73. The van der Waals surface area contributed by atoms with Gasteiger partial charge in [-0.15, -0.1) is 11.3 Å². The van der Waals surface area contributed by atoms with E-state index in [1.54, 1.807) is 0 Å². The summed E-state index contributed by atoms with van der Waals surface area (Å²) in [4.78, 5) is 22.7. The number of nitrogens with one attached hydrogen (secondary N) is 2. The van der Waals surface area contributed by atoms with Gasteiger partial charge in [0.1, 0.15) is 5.69 Å². The van der Waals surface area contributed by atoms with Crippen LogP contribution >= 0.6 is 22.9 Å². The molecule has 1 aliphatic carbocycles. The fourth-order valence-electron chi connectivity index (χ4n) is 3.36. The number of nitrogens with zero attached hydrogens (tertiary/aromatic N) is 2. The number of amides is 1. The van der Waals surface area contributed by atoms with Crippen LogP contribution in [0.15, 0.2) is 23.6 Å². The first-order chi connectivity index (χ1) is 12.2. The molecule has 2 aliphatic rings. The van der Waals surface area contributed by atoms with Crippen LogP contribution in [0.1, 0.15) is 34.6 Å². The van der Waals surface area contributed by atoms with Gasteiger partial charge in [-0.1, -0.05) is 11.6 Å². The number of benzene rings is 1. The Hall–Kier alpha value is -2.05. The molecule has 1 amide bonds. The number of thiazole rings is 1. The highest BCUT2D eigenvalue weighted by molar-refractivity contribution is 7.13. The quantitative estimate of drug-likeness (QED) is 0.729. The molecular weight excluding hydrogens is 356 g/mol. The first-order valence-electron chi connectivity index (χ1n) is 8.48. The van der Waals surface area contributed by atoms with Crippen LogP contribution in [-0.2, 0) is 13.0 Å². The fraction of sp³-hybridized carbons (Fsp3) is 0.333. The van der Waals surface area contributed by atoms with Crippen molar-refractivity contribution >= 4 is 44.9 Å². The van der Waals surface area contributed by atoms with Crippen molar-refractivity contribution in [1.29, 1.82) is 0 Å². The van der Waals surface area contributed by atoms with Gasteiger partial charge in [-0.3, -0.25) is 4.79 Å². The average Bonchev–Trinajstić information content (AvgIpc) is 3.18. The van der Waals surface area contributed by atoms with Gasteiger partial charge in [-0.05, 0) is 31.0 Å². The number of hydrogen-bond donors (Lipinski definition) is 2. The smallest absolute Gasteiger partial charge is 0.273 e. The molecule has 1 aromatic carbocycles. The molecule has 1 aliphatic heterocycles. The predicted molar refractivity (Wildman–Crippen MR) is 101 cm³/mol. The Morgan fingerprint density at radius 3 is 3.12 bits per heavy atom. The van der Waals surface area contributed by atoms with Gasteiger partial charge in [0.2, 0.25) is 0 Å². The van der Waals surface area contributed by atoms with E-state index < -0.39 is 0 Å². The van der Waals surface area contributed by atoms with Crippen molar-refractivity contribution in [3.63, 3.8) is 0 Å². The second-order valence-corrected chi connectivity index (χ2v) is 8.00. The van der Waals surface area contributed by atoms with E-state index in [0.29, 0.717) is 29.8 Å². The zero-order valence-corrected chi connectivity index (χ0v) is 15.1. The molecule has 25 heavy (non-hydrogen) atoms. The van der Waals surface area contributed by atoms with Gasteiger partial charge in [0, 0.05) is 58.1 Å². The third-order valence-corrected chi connectivity index (χ3v) is 5.86. The summed E-state index contributed by atoms with van der Waals surface area (Å²) in [6.45, 7) is 1.30. The molecule has 1 fully saturated rings. The molecule has 7 heteroatoms. The van der Waals surface area contributed by atoms with E-state index in [0.717, 1.165) is 22.5 Å². The van der Waals surface area contributed by atoms with Crippen molar-refractivity contribution in [2.75, 3.05) is 11.9 Å². The molecule has 5 nitrogen and oxygen atoms in total. The van der Waals surface area contributed by atoms with Gasteiger partial charge >= 0.3 is 0 Å². The van der Waals surface area contributed by atoms with E-state index in [2.05, 4.69) is 15.3 Å². The number of halogens is 1. The molecule has 128 valence electrons. The number of carbonyl (C=O) groups excluding carboxylic acids is 1. The summed E-state index contributed by atoms with van der Waals surface area (Å²) in [5.41, 5.74) is 3.99. The Bertz CT molecular complexity index is 975. The average molecular weight is 373 g/mol. The van der Waals surface area contributed by atoms with Gasteiger partial charge in [0.25, 0.3) is 5.91 Å². The molecule has 2 aromatic heterocycles. The number of hydrogen-bond acceptors (Lipinski definition) is 4. The summed E-state index contributed by atoms with van der Waals surface area (Å²) in [6.07, 6.45) is 3.21. The molecule has 0 spiro atoms. The lowest BCUT2D eigenvalue weighted by molar-refractivity contribution is 0.0730. The summed E-state index contributed by atoms with van der Waals surface area (Å²) >= 11 is 7.66. The summed E-state index contributed by atoms with van der Waals surface area (Å²) in [7, 11) is 0. The van der Waals surface area contributed by atoms with Crippen molar-refractivity contribution in [2.45, 2.75) is 31.8 Å². The Morgan fingerprint density at radius 2 is 2.28 bits per heavy atom. The normalized spacial score (nSPS) is 16.9. The maximum atomic E-state index is 12.9. The maximum absolute atomic E-state index is 12.9. The van der Waals surface area contributed by atoms with Crippen LogP contribution in [0.5, 0.6) is 0 Å². The Labute approximate surface area is 154 Å². The lowest BCUT2D eigenvalue weighted by Crippen LogP contribution is -2.36. The molecule has 5 rings (SSSR count). The maximum Gasteiger partial charge on any atom is 0.273 e.